The molecule has 0 nitrogen and oxygen atoms in total. The molecule has 0 saturated heterocycles. The summed E-state index contributed by atoms with van der Waals surface area (Å²) < 4.78 is 0. The Balaban J connectivity index is 0.00000245. The Bertz CT molecular complexity index is 1200. The van der Waals surface area contributed by atoms with Gasteiger partial charge in [-0.15, -0.1) is 0 Å². The fraction of sp³-hybridized carbons (Fsp3) is 0.0667. The van der Waals surface area contributed by atoms with Crippen LogP contribution in [0.15, 0.2) is 127 Å². The minimum absolute atomic E-state index is 0. The van der Waals surface area contributed by atoms with Crippen LogP contribution in [0.25, 0.3) is 10.8 Å². The minimum Gasteiger partial charge on any atom is -1.00 e. The van der Waals surface area contributed by atoms with Crippen LogP contribution in [0.5, 0.6) is 0 Å². The predicted octanol–water partition coefficient (Wildman–Crippen LogP) is 3.65. The van der Waals surface area contributed by atoms with Crippen molar-refractivity contribution >= 4 is 33.9 Å². The first-order chi connectivity index (χ1) is 15.3. The molecular weight excluding hydrogens is 471 g/mol. The van der Waals surface area contributed by atoms with E-state index in [4.69, 9.17) is 0 Å². The Morgan fingerprint density at radius 2 is 0.938 bits per heavy atom. The maximum atomic E-state index is 2.39. The van der Waals surface area contributed by atoms with Gasteiger partial charge in [0.15, 0.2) is 0 Å². The summed E-state index contributed by atoms with van der Waals surface area (Å²) in [4.78, 5) is 0. The Hall–Kier alpha value is -2.73. The molecule has 0 aliphatic heterocycles. The molecular formula is C30H26BrP. The van der Waals surface area contributed by atoms with Crippen LogP contribution in [0, 0.1) is 6.92 Å². The summed E-state index contributed by atoms with van der Waals surface area (Å²) in [6, 6.07) is 47.1. The quantitative estimate of drug-likeness (QED) is 0.326. The van der Waals surface area contributed by atoms with E-state index in [0.29, 0.717) is 0 Å². The van der Waals surface area contributed by atoms with Crippen LogP contribution in [-0.4, -0.2) is 0 Å². The minimum atomic E-state index is -1.86. The van der Waals surface area contributed by atoms with Gasteiger partial charge in [0.1, 0.15) is 23.2 Å². The molecule has 0 aromatic heterocycles. The molecule has 0 fully saturated rings. The molecule has 2 heteroatoms. The molecule has 0 aliphatic rings. The van der Waals surface area contributed by atoms with Gasteiger partial charge in [-0.05, 0) is 65.7 Å². The zero-order valence-corrected chi connectivity index (χ0v) is 20.6. The molecule has 0 bridgehead atoms. The summed E-state index contributed by atoms with van der Waals surface area (Å²) >= 11 is 0. The van der Waals surface area contributed by atoms with Crippen molar-refractivity contribution in [2.75, 3.05) is 0 Å². The van der Waals surface area contributed by atoms with E-state index in [2.05, 4.69) is 134 Å². The van der Waals surface area contributed by atoms with E-state index < -0.39 is 7.26 Å². The van der Waals surface area contributed by atoms with Crippen LogP contribution in [-0.2, 0) is 6.16 Å². The molecule has 158 valence electrons. The van der Waals surface area contributed by atoms with Gasteiger partial charge in [-0.25, -0.2) is 0 Å². The van der Waals surface area contributed by atoms with Gasteiger partial charge in [-0.1, -0.05) is 90.5 Å². The molecule has 0 unspecified atom stereocenters. The summed E-state index contributed by atoms with van der Waals surface area (Å²) in [5.41, 5.74) is 2.70. The molecule has 0 aliphatic carbocycles. The van der Waals surface area contributed by atoms with Crippen LogP contribution in [0.4, 0.5) is 0 Å². The average molecular weight is 497 g/mol. The smallest absolute Gasteiger partial charge is 0.116 e. The molecule has 0 amide bonds. The maximum absolute atomic E-state index is 2.39. The second-order valence-electron chi connectivity index (χ2n) is 8.16. The summed E-state index contributed by atoms with van der Waals surface area (Å²) in [7, 11) is -1.86. The van der Waals surface area contributed by atoms with Gasteiger partial charge in [-0.2, -0.15) is 0 Å². The highest BCUT2D eigenvalue weighted by Gasteiger charge is 2.45. The van der Waals surface area contributed by atoms with E-state index in [0.717, 1.165) is 6.16 Å². The van der Waals surface area contributed by atoms with Gasteiger partial charge in [-0.3, -0.25) is 0 Å². The monoisotopic (exact) mass is 496 g/mol. The summed E-state index contributed by atoms with van der Waals surface area (Å²) in [6.45, 7) is 2.16. The summed E-state index contributed by atoms with van der Waals surface area (Å²) in [5, 5.41) is 6.91. The lowest BCUT2D eigenvalue weighted by Crippen LogP contribution is -3.00. The van der Waals surface area contributed by atoms with Crippen molar-refractivity contribution in [2.24, 2.45) is 0 Å². The highest BCUT2D eigenvalue weighted by atomic mass is 79.9. The van der Waals surface area contributed by atoms with Gasteiger partial charge in [0.2, 0.25) is 0 Å². The van der Waals surface area contributed by atoms with Gasteiger partial charge in [0.25, 0.3) is 0 Å². The fourth-order valence-corrected chi connectivity index (χ4v) is 8.79. The maximum Gasteiger partial charge on any atom is 0.116 e. The topological polar surface area (TPSA) is 0 Å². The van der Waals surface area contributed by atoms with E-state index in [-0.39, 0.29) is 17.0 Å². The zero-order valence-electron chi connectivity index (χ0n) is 18.2. The number of rotatable bonds is 5. The molecule has 5 aromatic rings. The lowest BCUT2D eigenvalue weighted by Gasteiger charge is -2.28. The number of fused-ring (bicyclic) bond motifs is 1. The van der Waals surface area contributed by atoms with Gasteiger partial charge < -0.3 is 17.0 Å². The lowest BCUT2D eigenvalue weighted by molar-refractivity contribution is -0.00000603. The number of benzene rings is 5. The van der Waals surface area contributed by atoms with Crippen molar-refractivity contribution in [3.8, 4) is 0 Å². The molecule has 5 rings (SSSR count). The molecule has 0 saturated carbocycles. The SMILES string of the molecule is Cc1ccc2cc(C[P+](c3ccccc3)(c3ccccc3)c3ccccc3)ccc2c1.[Br-]. The number of hydrogen-bond donors (Lipinski definition) is 0. The lowest BCUT2D eigenvalue weighted by atomic mass is 10.1. The second kappa shape index (κ2) is 9.82. The van der Waals surface area contributed by atoms with Crippen molar-refractivity contribution in [2.45, 2.75) is 13.1 Å². The third kappa shape index (κ3) is 4.29. The second-order valence-corrected chi connectivity index (χ2v) is 11.6. The molecule has 0 N–H and O–H groups in total. The Morgan fingerprint density at radius 1 is 0.500 bits per heavy atom. The third-order valence-electron chi connectivity index (χ3n) is 6.07. The first kappa shape index (κ1) is 22.5. The summed E-state index contributed by atoms with van der Waals surface area (Å²) in [6.07, 6.45) is 1.01. The van der Waals surface area contributed by atoms with Crippen LogP contribution in [0.2, 0.25) is 0 Å². The van der Waals surface area contributed by atoms with Gasteiger partial charge in [0.05, 0.1) is 6.16 Å². The molecule has 0 atom stereocenters. The molecule has 0 heterocycles. The molecule has 32 heavy (non-hydrogen) atoms. The first-order valence-electron chi connectivity index (χ1n) is 10.8. The van der Waals surface area contributed by atoms with Crippen LogP contribution in [0.1, 0.15) is 11.1 Å². The number of hydrogen-bond acceptors (Lipinski definition) is 0. The van der Waals surface area contributed by atoms with Crippen LogP contribution in [0.3, 0.4) is 0 Å². The van der Waals surface area contributed by atoms with Crippen molar-refractivity contribution in [3.05, 3.63) is 139 Å². The Kier molecular flexibility index (Phi) is 6.89. The number of aryl methyl sites for hydroxylation is 1. The highest BCUT2D eigenvalue weighted by molar-refractivity contribution is 7.95. The Morgan fingerprint density at radius 3 is 1.44 bits per heavy atom. The largest absolute Gasteiger partial charge is 1.00 e. The number of halogens is 1. The van der Waals surface area contributed by atoms with E-state index in [1.54, 1.807) is 0 Å². The van der Waals surface area contributed by atoms with Gasteiger partial charge in [0, 0.05) is 0 Å². The highest BCUT2D eigenvalue weighted by Crippen LogP contribution is 2.58. The normalized spacial score (nSPS) is 11.2. The van der Waals surface area contributed by atoms with E-state index in [9.17, 15) is 0 Å². The van der Waals surface area contributed by atoms with Crippen molar-refractivity contribution in [1.29, 1.82) is 0 Å². The predicted molar refractivity (Wildman–Crippen MR) is 138 cm³/mol. The van der Waals surface area contributed by atoms with Crippen LogP contribution < -0.4 is 32.9 Å². The van der Waals surface area contributed by atoms with Crippen molar-refractivity contribution in [3.63, 3.8) is 0 Å². The van der Waals surface area contributed by atoms with Crippen molar-refractivity contribution in [1.82, 2.24) is 0 Å². The standard InChI is InChI=1S/C30H26P.BrH/c1-24-17-19-27-22-25(18-20-26(27)21-24)23-31(28-11-5-2-6-12-28,29-13-7-3-8-14-29)30-15-9-4-10-16-30;/h2-22H,23H2,1H3;1H/q+1;/p-1. The van der Waals surface area contributed by atoms with Gasteiger partial charge >= 0.3 is 0 Å². The molecule has 5 aromatic carbocycles. The van der Waals surface area contributed by atoms with E-state index >= 15 is 0 Å². The fourth-order valence-electron chi connectivity index (χ4n) is 4.56. The van der Waals surface area contributed by atoms with E-state index in [1.165, 1.54) is 37.8 Å². The zero-order chi connectivity index (χ0) is 21.1. The third-order valence-corrected chi connectivity index (χ3v) is 10.4. The van der Waals surface area contributed by atoms with Crippen molar-refractivity contribution < 1.29 is 17.0 Å². The molecule has 0 spiro atoms. The summed E-state index contributed by atoms with van der Waals surface area (Å²) in [5.74, 6) is 0. The molecule has 0 radical (unpaired) electrons. The Labute approximate surface area is 202 Å². The first-order valence-corrected chi connectivity index (χ1v) is 12.8. The van der Waals surface area contributed by atoms with Crippen LogP contribution >= 0.6 is 7.26 Å². The average Bonchev–Trinajstić information content (AvgIpc) is 2.84. The van der Waals surface area contributed by atoms with E-state index in [1.807, 2.05) is 0 Å².